The molecule has 6 nitrogen and oxygen atoms in total. The molecule has 2 aromatic heterocycles. The highest BCUT2D eigenvalue weighted by Crippen LogP contribution is 2.30. The highest BCUT2D eigenvalue weighted by Gasteiger charge is 2.38. The Bertz CT molecular complexity index is 697. The minimum Gasteiger partial charge on any atom is -0.336 e. The summed E-state index contributed by atoms with van der Waals surface area (Å²) < 4.78 is 5.20. The van der Waals surface area contributed by atoms with E-state index in [4.69, 9.17) is 4.52 Å². The van der Waals surface area contributed by atoms with Crippen LogP contribution in [0.5, 0.6) is 0 Å². The summed E-state index contributed by atoms with van der Waals surface area (Å²) in [4.78, 5) is 19.3. The number of amides is 1. The van der Waals surface area contributed by atoms with E-state index in [1.165, 1.54) is 0 Å². The van der Waals surface area contributed by atoms with Crippen molar-refractivity contribution in [2.24, 2.45) is 0 Å². The SMILES string of the molecule is CCc1noc2ncc(C(=O)N3C4CCNCC3CC4)cc12. The van der Waals surface area contributed by atoms with Crippen LogP contribution in [0.15, 0.2) is 16.8 Å². The molecule has 22 heavy (non-hydrogen) atoms. The molecule has 1 N–H and O–H groups in total. The van der Waals surface area contributed by atoms with E-state index >= 15 is 0 Å². The van der Waals surface area contributed by atoms with Gasteiger partial charge >= 0.3 is 0 Å². The van der Waals surface area contributed by atoms with Crippen molar-refractivity contribution >= 4 is 17.0 Å². The first-order chi connectivity index (χ1) is 10.8. The Kier molecular flexibility index (Phi) is 3.33. The topological polar surface area (TPSA) is 71.3 Å². The molecule has 2 aromatic rings. The molecule has 2 aliphatic rings. The molecule has 2 bridgehead atoms. The van der Waals surface area contributed by atoms with Gasteiger partial charge in [0.05, 0.1) is 16.6 Å². The molecule has 0 radical (unpaired) electrons. The number of nitrogens with one attached hydrogen (secondary N) is 1. The first-order valence-corrected chi connectivity index (χ1v) is 8.05. The Hall–Kier alpha value is -1.95. The summed E-state index contributed by atoms with van der Waals surface area (Å²) >= 11 is 0. The first kappa shape index (κ1) is 13.7. The van der Waals surface area contributed by atoms with Crippen LogP contribution in [0, 0.1) is 0 Å². The van der Waals surface area contributed by atoms with Crippen molar-refractivity contribution in [3.8, 4) is 0 Å². The van der Waals surface area contributed by atoms with E-state index in [0.717, 1.165) is 49.9 Å². The van der Waals surface area contributed by atoms with Crippen molar-refractivity contribution in [2.45, 2.75) is 44.7 Å². The highest BCUT2D eigenvalue weighted by atomic mass is 16.5. The van der Waals surface area contributed by atoms with Crippen LogP contribution >= 0.6 is 0 Å². The summed E-state index contributed by atoms with van der Waals surface area (Å²) in [6, 6.07) is 2.55. The van der Waals surface area contributed by atoms with Crippen LogP contribution in [0.2, 0.25) is 0 Å². The molecular formula is C16H20N4O2. The number of carbonyl (C=O) groups is 1. The van der Waals surface area contributed by atoms with Gasteiger partial charge in [0.25, 0.3) is 11.6 Å². The molecule has 1 amide bonds. The number of hydrogen-bond acceptors (Lipinski definition) is 5. The zero-order valence-electron chi connectivity index (χ0n) is 12.7. The molecule has 116 valence electrons. The lowest BCUT2D eigenvalue weighted by molar-refractivity contribution is 0.0680. The maximum Gasteiger partial charge on any atom is 0.257 e. The second-order valence-electron chi connectivity index (χ2n) is 6.15. The molecule has 6 heteroatoms. The van der Waals surface area contributed by atoms with Gasteiger partial charge in [-0.1, -0.05) is 12.1 Å². The monoisotopic (exact) mass is 300 g/mol. The summed E-state index contributed by atoms with van der Waals surface area (Å²) in [5.41, 5.74) is 2.01. The normalized spacial score (nSPS) is 24.7. The van der Waals surface area contributed by atoms with Gasteiger partial charge in [-0.2, -0.15) is 0 Å². The van der Waals surface area contributed by atoms with Crippen molar-refractivity contribution in [3.63, 3.8) is 0 Å². The third-order valence-electron chi connectivity index (χ3n) is 4.87. The number of aromatic nitrogens is 2. The zero-order valence-corrected chi connectivity index (χ0v) is 12.7. The molecule has 4 heterocycles. The van der Waals surface area contributed by atoms with Crippen molar-refractivity contribution in [1.82, 2.24) is 20.4 Å². The van der Waals surface area contributed by atoms with Gasteiger partial charge in [-0.3, -0.25) is 4.79 Å². The highest BCUT2D eigenvalue weighted by molar-refractivity contribution is 5.97. The molecule has 0 aromatic carbocycles. The summed E-state index contributed by atoms with van der Waals surface area (Å²) in [5, 5.41) is 8.29. The fourth-order valence-electron chi connectivity index (χ4n) is 3.71. The van der Waals surface area contributed by atoms with Gasteiger partial charge in [-0.25, -0.2) is 4.98 Å². The number of hydrogen-bond donors (Lipinski definition) is 1. The van der Waals surface area contributed by atoms with Gasteiger partial charge < -0.3 is 14.7 Å². The van der Waals surface area contributed by atoms with E-state index < -0.39 is 0 Å². The number of rotatable bonds is 2. The predicted molar refractivity (Wildman–Crippen MR) is 81.6 cm³/mol. The summed E-state index contributed by atoms with van der Waals surface area (Å²) in [6.45, 7) is 3.91. The third kappa shape index (κ3) is 2.09. The van der Waals surface area contributed by atoms with Crippen molar-refractivity contribution in [2.75, 3.05) is 13.1 Å². The standard InChI is InChI=1S/C16H20N4O2/c1-2-14-13-7-10(8-18-15(13)22-19-14)16(21)20-11-3-4-12(20)9-17-6-5-11/h7-8,11-12,17H,2-6,9H2,1H3. The first-order valence-electron chi connectivity index (χ1n) is 8.05. The molecule has 2 saturated heterocycles. The minimum atomic E-state index is 0.0915. The lowest BCUT2D eigenvalue weighted by Crippen LogP contribution is -2.42. The lowest BCUT2D eigenvalue weighted by atomic mass is 10.1. The smallest absolute Gasteiger partial charge is 0.257 e. The van der Waals surface area contributed by atoms with Crippen LogP contribution in [0.1, 0.15) is 42.2 Å². The van der Waals surface area contributed by atoms with E-state index in [1.807, 2.05) is 13.0 Å². The number of fused-ring (bicyclic) bond motifs is 3. The Labute approximate surface area is 128 Å². The van der Waals surface area contributed by atoms with Crippen molar-refractivity contribution in [3.05, 3.63) is 23.5 Å². The van der Waals surface area contributed by atoms with Crippen LogP contribution < -0.4 is 5.32 Å². The number of nitrogens with zero attached hydrogens (tertiary/aromatic N) is 3. The number of pyridine rings is 1. The van der Waals surface area contributed by atoms with E-state index in [0.29, 0.717) is 23.4 Å². The van der Waals surface area contributed by atoms with E-state index in [2.05, 4.69) is 20.4 Å². The second-order valence-corrected chi connectivity index (χ2v) is 6.15. The van der Waals surface area contributed by atoms with Gasteiger partial charge in [0.2, 0.25) is 0 Å². The van der Waals surface area contributed by atoms with E-state index in [-0.39, 0.29) is 5.91 Å². The molecule has 2 aliphatic heterocycles. The molecular weight excluding hydrogens is 280 g/mol. The van der Waals surface area contributed by atoms with Crippen LogP contribution in [0.3, 0.4) is 0 Å². The van der Waals surface area contributed by atoms with Gasteiger partial charge in [-0.05, 0) is 38.3 Å². The van der Waals surface area contributed by atoms with E-state index in [9.17, 15) is 4.79 Å². The molecule has 0 aliphatic carbocycles. The van der Waals surface area contributed by atoms with Crippen LogP contribution in [0.25, 0.3) is 11.1 Å². The molecule has 4 rings (SSSR count). The fraction of sp³-hybridized carbons (Fsp3) is 0.562. The maximum atomic E-state index is 13.0. The van der Waals surface area contributed by atoms with Gasteiger partial charge in [0.15, 0.2) is 0 Å². The Morgan fingerprint density at radius 3 is 3.14 bits per heavy atom. The quantitative estimate of drug-likeness (QED) is 0.915. The summed E-state index contributed by atoms with van der Waals surface area (Å²) in [5.74, 6) is 0.0915. The van der Waals surface area contributed by atoms with Gasteiger partial charge in [0.1, 0.15) is 0 Å². The number of aryl methyl sites for hydroxylation is 1. The van der Waals surface area contributed by atoms with Gasteiger partial charge in [0, 0.05) is 24.8 Å². The van der Waals surface area contributed by atoms with Crippen molar-refractivity contribution < 1.29 is 9.32 Å². The van der Waals surface area contributed by atoms with Crippen LogP contribution in [0.4, 0.5) is 0 Å². The van der Waals surface area contributed by atoms with Crippen LogP contribution in [-0.2, 0) is 6.42 Å². The third-order valence-corrected chi connectivity index (χ3v) is 4.87. The molecule has 2 atom stereocenters. The minimum absolute atomic E-state index is 0.0915. The summed E-state index contributed by atoms with van der Waals surface area (Å²) in [6.07, 6.45) is 5.62. The average Bonchev–Trinajstić information content (AvgIpc) is 3.05. The Morgan fingerprint density at radius 2 is 2.27 bits per heavy atom. The Morgan fingerprint density at radius 1 is 1.41 bits per heavy atom. The molecule has 2 fully saturated rings. The van der Waals surface area contributed by atoms with E-state index in [1.54, 1.807) is 6.20 Å². The largest absolute Gasteiger partial charge is 0.336 e. The average molecular weight is 300 g/mol. The van der Waals surface area contributed by atoms with Crippen molar-refractivity contribution in [1.29, 1.82) is 0 Å². The summed E-state index contributed by atoms with van der Waals surface area (Å²) in [7, 11) is 0. The number of carbonyl (C=O) groups excluding carboxylic acids is 1. The molecule has 0 spiro atoms. The maximum absolute atomic E-state index is 13.0. The fourth-order valence-corrected chi connectivity index (χ4v) is 3.71. The zero-order chi connectivity index (χ0) is 15.1. The predicted octanol–water partition coefficient (Wildman–Crippen LogP) is 1.75. The lowest BCUT2D eigenvalue weighted by Gasteiger charge is -2.27. The molecule has 0 saturated carbocycles. The van der Waals surface area contributed by atoms with Gasteiger partial charge in [-0.15, -0.1) is 0 Å². The van der Waals surface area contributed by atoms with Crippen LogP contribution in [-0.4, -0.2) is 46.1 Å². The Balaban J connectivity index is 1.70. The second kappa shape index (κ2) is 5.35. The molecule has 2 unspecified atom stereocenters.